The number of nitriles is 2. The van der Waals surface area contributed by atoms with E-state index in [1.807, 2.05) is 43.3 Å². The Kier molecular flexibility index (Phi) is 8.20. The topological polar surface area (TPSA) is 103 Å². The van der Waals surface area contributed by atoms with Gasteiger partial charge in [0.05, 0.1) is 32.1 Å². The van der Waals surface area contributed by atoms with Crippen molar-refractivity contribution < 1.29 is 19.1 Å². The molecule has 2 rings (SSSR count). The predicted molar refractivity (Wildman–Crippen MR) is 108 cm³/mol. The van der Waals surface area contributed by atoms with Gasteiger partial charge in [-0.15, -0.1) is 11.3 Å². The molecule has 1 heterocycles. The number of nitrogens with zero attached hydrogens (tertiary/aromatic N) is 3. The highest BCUT2D eigenvalue weighted by Crippen LogP contribution is 2.32. The summed E-state index contributed by atoms with van der Waals surface area (Å²) in [7, 11) is 1.60. The van der Waals surface area contributed by atoms with Gasteiger partial charge < -0.3 is 14.4 Å². The van der Waals surface area contributed by atoms with Crippen LogP contribution in [-0.2, 0) is 9.53 Å². The molecule has 0 atom stereocenters. The molecule has 2 aromatic rings. The average molecular weight is 411 g/mol. The van der Waals surface area contributed by atoms with Crippen LogP contribution in [0.25, 0.3) is 11.1 Å². The largest absolute Gasteiger partial charge is 0.497 e. The summed E-state index contributed by atoms with van der Waals surface area (Å²) in [5, 5.41) is 17.4. The molecule has 0 aliphatic rings. The normalized spacial score (nSPS) is 9.93. The number of rotatable bonds is 9. The number of esters is 1. The maximum absolute atomic E-state index is 12.4. The highest BCUT2D eigenvalue weighted by Gasteiger charge is 2.19. The van der Waals surface area contributed by atoms with Crippen LogP contribution >= 0.6 is 11.3 Å². The maximum Gasteiger partial charge on any atom is 0.348 e. The monoisotopic (exact) mass is 411 g/mol. The first-order valence-corrected chi connectivity index (χ1v) is 9.75. The number of carbonyl (C=O) groups is 2. The van der Waals surface area contributed by atoms with Crippen molar-refractivity contribution in [2.45, 2.75) is 19.8 Å². The number of ether oxygens (including phenoxy) is 2. The molecule has 29 heavy (non-hydrogen) atoms. The minimum Gasteiger partial charge on any atom is -0.497 e. The SMILES string of the molecule is COc1ccc(-c2cc(C(=O)OCC(=O)N(CCC#N)CCC#N)sc2C)cc1. The standard InChI is InChI=1S/C21H21N3O4S/c1-15-18(16-5-7-17(27-2)8-6-16)13-19(29-15)21(26)28-14-20(25)24(11-3-9-22)12-4-10-23/h5-8,13H,3-4,11-12,14H2,1-2H3. The average Bonchev–Trinajstić information content (AvgIpc) is 3.13. The maximum atomic E-state index is 12.4. The summed E-state index contributed by atoms with van der Waals surface area (Å²) in [6.07, 6.45) is 0.306. The lowest BCUT2D eigenvalue weighted by Gasteiger charge is -2.19. The summed E-state index contributed by atoms with van der Waals surface area (Å²) in [5.74, 6) is -0.253. The number of thiophene rings is 1. The molecule has 7 nitrogen and oxygen atoms in total. The molecule has 150 valence electrons. The predicted octanol–water partition coefficient (Wildman–Crippen LogP) is 3.54. The summed E-state index contributed by atoms with van der Waals surface area (Å²) in [4.78, 5) is 27.4. The van der Waals surface area contributed by atoms with Gasteiger partial charge in [0.25, 0.3) is 5.91 Å². The van der Waals surface area contributed by atoms with Crippen LogP contribution in [-0.4, -0.2) is 43.6 Å². The van der Waals surface area contributed by atoms with Gasteiger partial charge in [-0.2, -0.15) is 10.5 Å². The second-order valence-corrected chi connectivity index (χ2v) is 7.34. The number of amides is 1. The quantitative estimate of drug-likeness (QED) is 0.585. The molecule has 0 fully saturated rings. The van der Waals surface area contributed by atoms with E-state index >= 15 is 0 Å². The van der Waals surface area contributed by atoms with Crippen molar-refractivity contribution >= 4 is 23.2 Å². The Morgan fingerprint density at radius 1 is 1.10 bits per heavy atom. The number of hydrogen-bond donors (Lipinski definition) is 0. The van der Waals surface area contributed by atoms with E-state index in [0.717, 1.165) is 21.8 Å². The fraction of sp³-hybridized carbons (Fsp3) is 0.333. The molecule has 1 amide bonds. The smallest absolute Gasteiger partial charge is 0.348 e. The molecule has 0 radical (unpaired) electrons. The number of aryl methyl sites for hydroxylation is 1. The third kappa shape index (κ3) is 6.06. The lowest BCUT2D eigenvalue weighted by Crippen LogP contribution is -2.36. The fourth-order valence-corrected chi connectivity index (χ4v) is 3.60. The zero-order valence-electron chi connectivity index (χ0n) is 16.3. The molecule has 0 N–H and O–H groups in total. The minimum atomic E-state index is -0.577. The van der Waals surface area contributed by atoms with E-state index in [0.29, 0.717) is 4.88 Å². The molecule has 8 heteroatoms. The van der Waals surface area contributed by atoms with Gasteiger partial charge in [0, 0.05) is 18.0 Å². The van der Waals surface area contributed by atoms with Gasteiger partial charge in [0.15, 0.2) is 6.61 Å². The van der Waals surface area contributed by atoms with E-state index in [2.05, 4.69) is 0 Å². The molecule has 0 saturated carbocycles. The molecular formula is C21H21N3O4S. The Hall–Kier alpha value is -3.36. The fourth-order valence-electron chi connectivity index (χ4n) is 2.66. The summed E-state index contributed by atoms with van der Waals surface area (Å²) >= 11 is 1.30. The van der Waals surface area contributed by atoms with E-state index in [1.54, 1.807) is 13.2 Å². The van der Waals surface area contributed by atoms with Gasteiger partial charge in [-0.3, -0.25) is 4.79 Å². The van der Waals surface area contributed by atoms with E-state index < -0.39 is 18.5 Å². The number of methoxy groups -OCH3 is 1. The Morgan fingerprint density at radius 3 is 2.28 bits per heavy atom. The first-order valence-electron chi connectivity index (χ1n) is 8.93. The second-order valence-electron chi connectivity index (χ2n) is 6.08. The lowest BCUT2D eigenvalue weighted by molar-refractivity contribution is -0.134. The van der Waals surface area contributed by atoms with Crippen LogP contribution in [0.1, 0.15) is 27.4 Å². The number of carbonyl (C=O) groups excluding carboxylic acids is 2. The minimum absolute atomic E-state index is 0.153. The molecule has 0 aliphatic carbocycles. The summed E-state index contributed by atoms with van der Waals surface area (Å²) in [6, 6.07) is 13.2. The first-order chi connectivity index (χ1) is 14.0. The van der Waals surface area contributed by atoms with Crippen LogP contribution in [0, 0.1) is 29.6 Å². The van der Waals surface area contributed by atoms with Crippen LogP contribution in [0.3, 0.4) is 0 Å². The number of benzene rings is 1. The molecule has 0 saturated heterocycles. The van der Waals surface area contributed by atoms with E-state index in [1.165, 1.54) is 16.2 Å². The number of hydrogen-bond acceptors (Lipinski definition) is 7. The van der Waals surface area contributed by atoms with Crippen LogP contribution < -0.4 is 4.74 Å². The zero-order valence-corrected chi connectivity index (χ0v) is 17.1. The Balaban J connectivity index is 2.02. The first kappa shape index (κ1) is 21.9. The Morgan fingerprint density at radius 2 is 1.72 bits per heavy atom. The molecule has 0 aliphatic heterocycles. The van der Waals surface area contributed by atoms with Gasteiger partial charge in [0.1, 0.15) is 10.6 Å². The van der Waals surface area contributed by atoms with Gasteiger partial charge in [-0.25, -0.2) is 4.79 Å². The van der Waals surface area contributed by atoms with E-state index in [9.17, 15) is 9.59 Å². The summed E-state index contributed by atoms with van der Waals surface area (Å²) in [6.45, 7) is 1.89. The van der Waals surface area contributed by atoms with Crippen LogP contribution in [0.2, 0.25) is 0 Å². The van der Waals surface area contributed by atoms with Crippen LogP contribution in [0.15, 0.2) is 30.3 Å². The highest BCUT2D eigenvalue weighted by atomic mass is 32.1. The lowest BCUT2D eigenvalue weighted by atomic mass is 10.1. The van der Waals surface area contributed by atoms with Crippen molar-refractivity contribution in [3.05, 3.63) is 40.1 Å². The Bertz CT molecular complexity index is 920. The van der Waals surface area contributed by atoms with Crippen LogP contribution in [0.4, 0.5) is 0 Å². The third-order valence-corrected chi connectivity index (χ3v) is 5.22. The molecule has 1 aromatic carbocycles. The van der Waals surface area contributed by atoms with Crippen molar-refractivity contribution in [3.63, 3.8) is 0 Å². The van der Waals surface area contributed by atoms with E-state index in [4.69, 9.17) is 20.0 Å². The molecule has 0 bridgehead atoms. The molecule has 1 aromatic heterocycles. The third-order valence-electron chi connectivity index (χ3n) is 4.19. The molecular weight excluding hydrogens is 390 g/mol. The van der Waals surface area contributed by atoms with Crippen molar-refractivity contribution in [2.75, 3.05) is 26.8 Å². The van der Waals surface area contributed by atoms with Gasteiger partial charge in [0.2, 0.25) is 0 Å². The molecule has 0 unspecified atom stereocenters. The highest BCUT2D eigenvalue weighted by molar-refractivity contribution is 7.14. The van der Waals surface area contributed by atoms with Crippen molar-refractivity contribution in [3.8, 4) is 29.0 Å². The van der Waals surface area contributed by atoms with Gasteiger partial charge >= 0.3 is 5.97 Å². The van der Waals surface area contributed by atoms with E-state index in [-0.39, 0.29) is 25.9 Å². The summed E-state index contributed by atoms with van der Waals surface area (Å²) in [5.41, 5.74) is 1.87. The zero-order chi connectivity index (χ0) is 21.2. The van der Waals surface area contributed by atoms with Crippen molar-refractivity contribution in [2.24, 2.45) is 0 Å². The van der Waals surface area contributed by atoms with Crippen molar-refractivity contribution in [1.82, 2.24) is 4.90 Å². The summed E-state index contributed by atoms with van der Waals surface area (Å²) < 4.78 is 10.3. The van der Waals surface area contributed by atoms with Gasteiger partial charge in [-0.05, 0) is 36.2 Å². The Labute approximate surface area is 173 Å². The van der Waals surface area contributed by atoms with Gasteiger partial charge in [-0.1, -0.05) is 12.1 Å². The second kappa shape index (κ2) is 10.8. The van der Waals surface area contributed by atoms with Crippen LogP contribution in [0.5, 0.6) is 5.75 Å². The molecule has 0 spiro atoms. The van der Waals surface area contributed by atoms with Crippen molar-refractivity contribution in [1.29, 1.82) is 10.5 Å².